The molecule has 0 saturated carbocycles. The van der Waals surface area contributed by atoms with Gasteiger partial charge in [-0.2, -0.15) is 0 Å². The fourth-order valence-electron chi connectivity index (χ4n) is 5.06. The number of hydrogen-bond donors (Lipinski definition) is 1. The summed E-state index contributed by atoms with van der Waals surface area (Å²) in [6.07, 6.45) is 0. The second kappa shape index (κ2) is 10.4. The zero-order chi connectivity index (χ0) is 28.7. The van der Waals surface area contributed by atoms with Crippen LogP contribution >= 0.6 is 0 Å². The van der Waals surface area contributed by atoms with Crippen molar-refractivity contribution < 1.29 is 19.4 Å². The van der Waals surface area contributed by atoms with E-state index in [1.54, 1.807) is 12.0 Å². The molecule has 3 aromatic carbocycles. The molecule has 4 rings (SSSR count). The van der Waals surface area contributed by atoms with Crippen molar-refractivity contribution in [3.8, 4) is 5.75 Å². The molecule has 1 N–H and O–H groups in total. The first-order chi connectivity index (χ1) is 18.2. The molecule has 0 bridgehead atoms. The molecule has 1 aliphatic rings. The lowest BCUT2D eigenvalue weighted by atomic mass is 9.84. The lowest BCUT2D eigenvalue weighted by Gasteiger charge is -2.27. The Morgan fingerprint density at radius 1 is 0.872 bits per heavy atom. The van der Waals surface area contributed by atoms with Crippen LogP contribution in [0.4, 0.5) is 0 Å². The zero-order valence-electron chi connectivity index (χ0n) is 24.3. The summed E-state index contributed by atoms with van der Waals surface area (Å²) in [6.45, 7) is 14.8. The minimum atomic E-state index is -0.748. The van der Waals surface area contributed by atoms with E-state index in [0.29, 0.717) is 11.3 Å². The Kier molecular flexibility index (Phi) is 7.48. The molecule has 1 fully saturated rings. The van der Waals surface area contributed by atoms with Crippen LogP contribution in [0, 0.1) is 6.92 Å². The van der Waals surface area contributed by atoms with E-state index in [2.05, 4.69) is 41.5 Å². The number of benzene rings is 3. The van der Waals surface area contributed by atoms with Crippen LogP contribution in [-0.4, -0.2) is 28.8 Å². The summed E-state index contributed by atoms with van der Waals surface area (Å²) < 4.78 is 5.53. The van der Waals surface area contributed by atoms with Gasteiger partial charge in [0.1, 0.15) is 11.5 Å². The maximum atomic E-state index is 13.6. The monoisotopic (exact) mass is 525 g/mol. The highest BCUT2D eigenvalue weighted by Crippen LogP contribution is 2.42. The lowest BCUT2D eigenvalue weighted by molar-refractivity contribution is -0.140. The Morgan fingerprint density at radius 2 is 1.46 bits per heavy atom. The second-order valence-electron chi connectivity index (χ2n) is 12.4. The van der Waals surface area contributed by atoms with E-state index in [4.69, 9.17) is 4.74 Å². The molecular formula is C34H39NO4. The van der Waals surface area contributed by atoms with Gasteiger partial charge < -0.3 is 14.7 Å². The van der Waals surface area contributed by atoms with E-state index in [-0.39, 0.29) is 28.7 Å². The zero-order valence-corrected chi connectivity index (χ0v) is 24.3. The smallest absolute Gasteiger partial charge is 0.295 e. The summed E-state index contributed by atoms with van der Waals surface area (Å²) in [4.78, 5) is 28.7. The lowest BCUT2D eigenvalue weighted by Crippen LogP contribution is -2.29. The number of aliphatic hydroxyl groups excluding tert-OH is 1. The number of ether oxygens (including phenoxy) is 1. The van der Waals surface area contributed by atoms with Gasteiger partial charge in [-0.25, -0.2) is 0 Å². The average molecular weight is 526 g/mol. The van der Waals surface area contributed by atoms with Crippen LogP contribution in [-0.2, 0) is 27.0 Å². The molecule has 1 unspecified atom stereocenters. The third-order valence-corrected chi connectivity index (χ3v) is 7.52. The van der Waals surface area contributed by atoms with Crippen molar-refractivity contribution in [2.24, 2.45) is 0 Å². The van der Waals surface area contributed by atoms with Crippen molar-refractivity contribution in [1.29, 1.82) is 0 Å². The average Bonchev–Trinajstić information content (AvgIpc) is 3.12. The van der Waals surface area contributed by atoms with E-state index in [1.165, 1.54) is 0 Å². The Labute approximate surface area is 232 Å². The van der Waals surface area contributed by atoms with Crippen molar-refractivity contribution >= 4 is 17.4 Å². The van der Waals surface area contributed by atoms with Crippen LogP contribution < -0.4 is 4.74 Å². The van der Waals surface area contributed by atoms with Crippen LogP contribution in [0.2, 0.25) is 0 Å². The van der Waals surface area contributed by atoms with Gasteiger partial charge in [0, 0.05) is 11.1 Å². The number of ketones is 1. The highest BCUT2D eigenvalue weighted by atomic mass is 16.5. The molecule has 1 heterocycles. The third kappa shape index (κ3) is 5.49. The number of amides is 1. The highest BCUT2D eigenvalue weighted by molar-refractivity contribution is 6.46. The first-order valence-electron chi connectivity index (χ1n) is 13.4. The van der Waals surface area contributed by atoms with Gasteiger partial charge in [0.05, 0.1) is 25.3 Å². The van der Waals surface area contributed by atoms with E-state index < -0.39 is 17.7 Å². The minimum Gasteiger partial charge on any atom is -0.507 e. The molecule has 0 radical (unpaired) electrons. The van der Waals surface area contributed by atoms with Crippen molar-refractivity contribution in [1.82, 2.24) is 4.90 Å². The Balaban J connectivity index is 1.92. The standard InChI is InChI=1S/C34H39NO4/c1-21-13-16-25(34(5,6)7)19-26(21)30(36)28-29(22-14-17-24(18-15-22)33(2,3)4)35(32(38)31(28)37)20-23-11-9-10-12-27(23)39-8/h9-19,29,36H,20H2,1-8H3/b30-28+. The highest BCUT2D eigenvalue weighted by Gasteiger charge is 2.46. The minimum absolute atomic E-state index is 0.0533. The number of para-hydroxylation sites is 1. The van der Waals surface area contributed by atoms with Crippen molar-refractivity contribution in [3.05, 3.63) is 106 Å². The topological polar surface area (TPSA) is 66.8 Å². The fourth-order valence-corrected chi connectivity index (χ4v) is 5.06. The van der Waals surface area contributed by atoms with E-state index in [1.807, 2.05) is 73.7 Å². The molecule has 3 aromatic rings. The van der Waals surface area contributed by atoms with Gasteiger partial charge >= 0.3 is 0 Å². The number of carbonyl (C=O) groups excluding carboxylic acids is 2. The molecule has 1 saturated heterocycles. The number of hydrogen-bond acceptors (Lipinski definition) is 4. The predicted molar refractivity (Wildman–Crippen MR) is 156 cm³/mol. The van der Waals surface area contributed by atoms with E-state index in [9.17, 15) is 14.7 Å². The molecule has 0 aromatic heterocycles. The number of Topliss-reactive ketones (excluding diaryl/α,β-unsaturated/α-hetero) is 1. The Bertz CT molecular complexity index is 1440. The molecule has 204 valence electrons. The van der Waals surface area contributed by atoms with Gasteiger partial charge in [0.25, 0.3) is 11.7 Å². The van der Waals surface area contributed by atoms with E-state index >= 15 is 0 Å². The maximum absolute atomic E-state index is 13.6. The molecule has 1 amide bonds. The summed E-state index contributed by atoms with van der Waals surface area (Å²) in [5.74, 6) is -0.843. The number of likely N-dealkylation sites (tertiary alicyclic amines) is 1. The van der Waals surface area contributed by atoms with Crippen molar-refractivity contribution in [2.45, 2.75) is 71.9 Å². The fraction of sp³-hybridized carbons (Fsp3) is 0.353. The van der Waals surface area contributed by atoms with Gasteiger partial charge in [-0.05, 0) is 52.1 Å². The first kappa shape index (κ1) is 28.2. The number of rotatable bonds is 5. The molecule has 1 atom stereocenters. The molecule has 0 aliphatic carbocycles. The van der Waals surface area contributed by atoms with Crippen LogP contribution in [0.1, 0.15) is 81.0 Å². The molecule has 39 heavy (non-hydrogen) atoms. The number of aliphatic hydroxyl groups is 1. The SMILES string of the molecule is COc1ccccc1CN1C(=O)C(=O)/C(=C(/O)c2cc(C(C)(C)C)ccc2C)C1c1ccc(C(C)(C)C)cc1. The number of nitrogens with zero attached hydrogens (tertiary/aromatic N) is 1. The van der Waals surface area contributed by atoms with Gasteiger partial charge in [-0.1, -0.05) is 96.1 Å². The predicted octanol–water partition coefficient (Wildman–Crippen LogP) is 7.22. The number of methoxy groups -OCH3 is 1. The quantitative estimate of drug-likeness (QED) is 0.217. The van der Waals surface area contributed by atoms with Crippen LogP contribution in [0.5, 0.6) is 5.75 Å². The maximum Gasteiger partial charge on any atom is 0.295 e. The number of carbonyl (C=O) groups is 2. The van der Waals surface area contributed by atoms with Gasteiger partial charge in [0.15, 0.2) is 0 Å². The molecule has 0 spiro atoms. The first-order valence-corrected chi connectivity index (χ1v) is 13.4. The summed E-state index contributed by atoms with van der Waals surface area (Å²) in [5, 5.41) is 11.7. The molecule has 1 aliphatic heterocycles. The Morgan fingerprint density at radius 3 is 2.05 bits per heavy atom. The van der Waals surface area contributed by atoms with Gasteiger partial charge in [-0.3, -0.25) is 9.59 Å². The third-order valence-electron chi connectivity index (χ3n) is 7.52. The normalized spacial score (nSPS) is 17.5. The molecule has 5 nitrogen and oxygen atoms in total. The summed E-state index contributed by atoms with van der Waals surface area (Å²) in [6, 6.07) is 20.6. The largest absolute Gasteiger partial charge is 0.507 e. The molecule has 5 heteroatoms. The van der Waals surface area contributed by atoms with Gasteiger partial charge in [-0.15, -0.1) is 0 Å². The van der Waals surface area contributed by atoms with Crippen LogP contribution in [0.25, 0.3) is 5.76 Å². The number of aryl methyl sites for hydroxylation is 1. The summed E-state index contributed by atoms with van der Waals surface area (Å²) in [5.41, 5.74) is 5.02. The molecular weight excluding hydrogens is 486 g/mol. The van der Waals surface area contributed by atoms with Crippen molar-refractivity contribution in [3.63, 3.8) is 0 Å². The van der Waals surface area contributed by atoms with Crippen LogP contribution in [0.3, 0.4) is 0 Å². The Hall–Kier alpha value is -3.86. The van der Waals surface area contributed by atoms with Gasteiger partial charge in [0.2, 0.25) is 0 Å². The van der Waals surface area contributed by atoms with Crippen molar-refractivity contribution in [2.75, 3.05) is 7.11 Å². The van der Waals surface area contributed by atoms with E-state index in [0.717, 1.165) is 27.8 Å². The summed E-state index contributed by atoms with van der Waals surface area (Å²) >= 11 is 0. The van der Waals surface area contributed by atoms with Crippen LogP contribution in [0.15, 0.2) is 72.3 Å². The second-order valence-corrected chi connectivity index (χ2v) is 12.4. The summed E-state index contributed by atoms with van der Waals surface area (Å²) in [7, 11) is 1.58.